The van der Waals surface area contributed by atoms with E-state index in [2.05, 4.69) is 10.9 Å². The maximum absolute atomic E-state index is 12.6. The average Bonchev–Trinajstić information content (AvgIpc) is 2.97. The molecule has 0 aliphatic carbocycles. The number of carboxylic acid groups (broad SMARTS) is 1. The van der Waals surface area contributed by atoms with Crippen LogP contribution in [0.1, 0.15) is 20.1 Å². The summed E-state index contributed by atoms with van der Waals surface area (Å²) in [5, 5.41) is 9.27. The van der Waals surface area contributed by atoms with Gasteiger partial charge in [0.1, 0.15) is 4.90 Å². The highest BCUT2D eigenvalue weighted by atomic mass is 32.2. The molecule has 138 valence electrons. The summed E-state index contributed by atoms with van der Waals surface area (Å²) >= 11 is 0.981. The Balaban J connectivity index is 2.45. The van der Waals surface area contributed by atoms with Gasteiger partial charge in [0.2, 0.25) is 0 Å². The molecule has 1 atom stereocenters. The summed E-state index contributed by atoms with van der Waals surface area (Å²) in [5.41, 5.74) is 3.98. The van der Waals surface area contributed by atoms with E-state index in [-0.39, 0.29) is 9.75 Å². The van der Waals surface area contributed by atoms with Gasteiger partial charge in [-0.3, -0.25) is 15.1 Å². The van der Waals surface area contributed by atoms with Crippen LogP contribution in [0.15, 0.2) is 4.90 Å². The number of hydrogen-bond donors (Lipinski definition) is 4. The number of aromatic carboxylic acids is 1. The molecule has 1 aliphatic heterocycles. The number of sulfonamides is 1. The monoisotopic (exact) mass is 392 g/mol. The van der Waals surface area contributed by atoms with Crippen molar-refractivity contribution in [3.8, 4) is 0 Å². The molecular formula is C12H16N4O7S2. The molecule has 0 aromatic carbocycles. The van der Waals surface area contributed by atoms with Crippen molar-refractivity contribution in [3.63, 3.8) is 0 Å². The first-order valence-electron chi connectivity index (χ1n) is 6.74. The summed E-state index contributed by atoms with van der Waals surface area (Å²) in [4.78, 5) is 36.3. The summed E-state index contributed by atoms with van der Waals surface area (Å²) in [6, 6.07) is -0.719. The molecule has 2 rings (SSSR count). The van der Waals surface area contributed by atoms with Gasteiger partial charge in [-0.05, 0) is 13.8 Å². The molecule has 1 unspecified atom stereocenters. The minimum atomic E-state index is -4.53. The predicted molar refractivity (Wildman–Crippen MR) is 85.3 cm³/mol. The number of amides is 3. The van der Waals surface area contributed by atoms with E-state index in [0.717, 1.165) is 23.3 Å². The number of carbonyl (C=O) groups excluding carboxylic acids is 2. The van der Waals surface area contributed by atoms with Crippen LogP contribution in [0.5, 0.6) is 0 Å². The fourth-order valence-corrected chi connectivity index (χ4v) is 5.25. The van der Waals surface area contributed by atoms with E-state index >= 15 is 0 Å². The molecule has 1 fully saturated rings. The van der Waals surface area contributed by atoms with Crippen molar-refractivity contribution in [2.75, 3.05) is 14.2 Å². The number of thiophene rings is 1. The van der Waals surface area contributed by atoms with Crippen LogP contribution in [0, 0.1) is 13.8 Å². The number of likely N-dealkylation sites (N-methyl/N-ethyl adjacent to an activating group) is 1. The minimum Gasteiger partial charge on any atom is -0.478 e. The number of nitrogens with one attached hydrogen (secondary N) is 3. The molecule has 13 heteroatoms. The fourth-order valence-electron chi connectivity index (χ4n) is 2.42. The summed E-state index contributed by atoms with van der Waals surface area (Å²) < 4.78 is 32.0. The quantitative estimate of drug-likeness (QED) is 0.514. The lowest BCUT2D eigenvalue weighted by Gasteiger charge is -2.30. The second-order valence-corrected chi connectivity index (χ2v) is 8.17. The van der Waals surface area contributed by atoms with E-state index in [1.54, 1.807) is 4.72 Å². The van der Waals surface area contributed by atoms with Crippen LogP contribution in [-0.2, 0) is 19.6 Å². The summed E-state index contributed by atoms with van der Waals surface area (Å²) in [7, 11) is -2.22. The number of urea groups is 1. The van der Waals surface area contributed by atoms with Crippen molar-refractivity contribution in [1.29, 1.82) is 0 Å². The number of methoxy groups -OCH3 is 1. The number of carboxylic acids is 1. The molecule has 11 nitrogen and oxygen atoms in total. The predicted octanol–water partition coefficient (Wildman–Crippen LogP) is -0.672. The molecule has 0 bridgehead atoms. The standard InChI is InChI=1S/C12H16N4O7S2/c1-5-7(9(17)18)8(6(2)24-5)25(21,22)14-10(19)12(23-4)15-13-11(20)16(12)3/h15H,1-4H3,(H,13,20)(H,14,19)(H,17,18). The SMILES string of the molecule is COC1(C(=O)NS(=O)(=O)c2c(C)sc(C)c2C(=O)O)NNC(=O)N1C. The molecule has 0 radical (unpaired) electrons. The van der Waals surface area contributed by atoms with Crippen molar-refractivity contribution in [3.05, 3.63) is 15.3 Å². The first kappa shape index (κ1) is 19.1. The number of hydrazine groups is 1. The van der Waals surface area contributed by atoms with Gasteiger partial charge >= 0.3 is 23.8 Å². The van der Waals surface area contributed by atoms with E-state index in [1.807, 2.05) is 0 Å². The van der Waals surface area contributed by atoms with Gasteiger partial charge < -0.3 is 9.84 Å². The zero-order valence-corrected chi connectivity index (χ0v) is 15.3. The summed E-state index contributed by atoms with van der Waals surface area (Å²) in [6.45, 7) is 2.90. The van der Waals surface area contributed by atoms with Crippen LogP contribution in [0.25, 0.3) is 0 Å². The Kier molecular flexibility index (Phi) is 4.78. The Hall–Kier alpha value is -2.22. The van der Waals surface area contributed by atoms with Gasteiger partial charge in [-0.2, -0.15) is 5.43 Å². The molecule has 0 saturated carbocycles. The number of ether oxygens (including phenoxy) is 1. The second kappa shape index (κ2) is 6.25. The highest BCUT2D eigenvalue weighted by molar-refractivity contribution is 7.90. The van der Waals surface area contributed by atoms with Gasteiger partial charge in [0.25, 0.3) is 10.0 Å². The smallest absolute Gasteiger partial charge is 0.338 e. The third-order valence-electron chi connectivity index (χ3n) is 3.63. The van der Waals surface area contributed by atoms with E-state index in [1.165, 1.54) is 20.9 Å². The van der Waals surface area contributed by atoms with E-state index in [4.69, 9.17) is 4.74 Å². The van der Waals surface area contributed by atoms with Gasteiger partial charge in [-0.15, -0.1) is 11.3 Å². The molecule has 1 aliphatic rings. The van der Waals surface area contributed by atoms with Gasteiger partial charge in [-0.1, -0.05) is 0 Å². The summed E-state index contributed by atoms with van der Waals surface area (Å²) in [6.07, 6.45) is 0. The average molecular weight is 392 g/mol. The Morgan fingerprint density at radius 3 is 2.36 bits per heavy atom. The normalized spacial score (nSPS) is 20.5. The fraction of sp³-hybridized carbons (Fsp3) is 0.417. The minimum absolute atomic E-state index is 0.212. The first-order valence-corrected chi connectivity index (χ1v) is 9.04. The van der Waals surface area contributed by atoms with Gasteiger partial charge in [-0.25, -0.2) is 22.7 Å². The van der Waals surface area contributed by atoms with E-state index in [0.29, 0.717) is 0 Å². The zero-order chi connectivity index (χ0) is 19.2. The van der Waals surface area contributed by atoms with Crippen LogP contribution in [0.2, 0.25) is 0 Å². The molecule has 1 aromatic heterocycles. The lowest BCUT2D eigenvalue weighted by molar-refractivity contribution is -0.162. The number of rotatable bonds is 5. The lowest BCUT2D eigenvalue weighted by Crippen LogP contribution is -2.63. The molecular weight excluding hydrogens is 376 g/mol. The molecule has 25 heavy (non-hydrogen) atoms. The van der Waals surface area contributed by atoms with Crippen LogP contribution >= 0.6 is 11.3 Å². The maximum atomic E-state index is 12.6. The Morgan fingerprint density at radius 1 is 1.32 bits per heavy atom. The third-order valence-corrected chi connectivity index (χ3v) is 6.29. The van der Waals surface area contributed by atoms with E-state index in [9.17, 15) is 27.9 Å². The highest BCUT2D eigenvalue weighted by Gasteiger charge is 2.52. The number of hydrogen-bond acceptors (Lipinski definition) is 8. The largest absolute Gasteiger partial charge is 0.478 e. The molecule has 0 spiro atoms. The number of aryl methyl sites for hydroxylation is 2. The zero-order valence-electron chi connectivity index (χ0n) is 13.7. The Morgan fingerprint density at radius 2 is 1.92 bits per heavy atom. The highest BCUT2D eigenvalue weighted by Crippen LogP contribution is 2.31. The van der Waals surface area contributed by atoms with Gasteiger partial charge in [0.05, 0.1) is 5.56 Å². The van der Waals surface area contributed by atoms with Crippen LogP contribution in [0.4, 0.5) is 4.79 Å². The number of carbonyl (C=O) groups is 3. The Labute approximate surface area is 147 Å². The van der Waals surface area contributed by atoms with Gasteiger partial charge in [0.15, 0.2) is 0 Å². The lowest BCUT2D eigenvalue weighted by atomic mass is 10.2. The van der Waals surface area contributed by atoms with Crippen LogP contribution < -0.4 is 15.6 Å². The second-order valence-electron chi connectivity index (χ2n) is 5.12. The molecule has 4 N–H and O–H groups in total. The van der Waals surface area contributed by atoms with E-state index < -0.39 is 44.2 Å². The van der Waals surface area contributed by atoms with Crippen molar-refractivity contribution >= 4 is 39.3 Å². The van der Waals surface area contributed by atoms with Crippen LogP contribution in [-0.4, -0.2) is 56.3 Å². The van der Waals surface area contributed by atoms with Crippen molar-refractivity contribution in [2.45, 2.75) is 24.6 Å². The molecule has 3 amide bonds. The van der Waals surface area contributed by atoms with Crippen LogP contribution in [0.3, 0.4) is 0 Å². The first-order chi connectivity index (χ1) is 11.5. The van der Waals surface area contributed by atoms with Crippen molar-refractivity contribution in [1.82, 2.24) is 20.5 Å². The topological polar surface area (TPSA) is 154 Å². The molecule has 1 saturated heterocycles. The number of nitrogens with zero attached hydrogens (tertiary/aromatic N) is 1. The third kappa shape index (κ3) is 2.95. The summed E-state index contributed by atoms with van der Waals surface area (Å²) in [5.74, 6) is -4.74. The van der Waals surface area contributed by atoms with Crippen molar-refractivity contribution in [2.24, 2.45) is 0 Å². The van der Waals surface area contributed by atoms with Crippen molar-refractivity contribution < 1.29 is 32.6 Å². The Bertz CT molecular complexity index is 863. The molecule has 2 heterocycles. The maximum Gasteiger partial charge on any atom is 0.338 e. The van der Waals surface area contributed by atoms with Gasteiger partial charge in [0, 0.05) is 23.9 Å². The molecule has 1 aromatic rings.